The summed E-state index contributed by atoms with van der Waals surface area (Å²) in [6.07, 6.45) is -2.56. The molecule has 0 rings (SSSR count). The maximum Gasteiger partial charge on any atom is 0.261 e. The molecule has 0 aliphatic carbocycles. The topological polar surface area (TPSA) is 20.2 Å². The quantitative estimate of drug-likeness (QED) is 0.565. The Morgan fingerprint density at radius 3 is 1.62 bits per heavy atom. The van der Waals surface area contributed by atoms with Gasteiger partial charge < -0.3 is 5.11 Å². The molecule has 0 saturated carbocycles. The molecule has 0 heterocycles. The summed E-state index contributed by atoms with van der Waals surface area (Å²) in [6, 6.07) is 0. The molecule has 0 amide bonds. The van der Waals surface area contributed by atoms with Crippen LogP contribution in [-0.2, 0) is 0 Å². The fourth-order valence-electron chi connectivity index (χ4n) is 0. The van der Waals surface area contributed by atoms with Crippen molar-refractivity contribution in [2.24, 2.45) is 0 Å². The number of hydrogen-bond acceptors (Lipinski definition) is 1. The Bertz CT molecular complexity index is 32.5. The maximum absolute atomic E-state index is 10.5. The van der Waals surface area contributed by atoms with Gasteiger partial charge in [0, 0.05) is 0 Å². The molecule has 0 atom stereocenters. The standard InChI is InChI=1S/C2H4F2O.C2H5F/c3-2(4)1-5;1-2-3/h2,5H,1H2;2H2,1H3. The van der Waals surface area contributed by atoms with E-state index in [4.69, 9.17) is 5.11 Å². The van der Waals surface area contributed by atoms with Crippen molar-refractivity contribution in [2.75, 3.05) is 13.3 Å². The average molecular weight is 130 g/mol. The lowest BCUT2D eigenvalue weighted by Gasteiger charge is -1.81. The number of alkyl halides is 3. The van der Waals surface area contributed by atoms with E-state index in [1.54, 1.807) is 0 Å². The van der Waals surface area contributed by atoms with Crippen molar-refractivity contribution in [1.82, 2.24) is 0 Å². The van der Waals surface area contributed by atoms with Crippen LogP contribution in [0.15, 0.2) is 0 Å². The number of rotatable bonds is 1. The summed E-state index contributed by atoms with van der Waals surface area (Å²) in [5, 5.41) is 7.39. The van der Waals surface area contributed by atoms with Crippen LogP contribution < -0.4 is 0 Å². The maximum atomic E-state index is 10.5. The van der Waals surface area contributed by atoms with Gasteiger partial charge >= 0.3 is 0 Å². The van der Waals surface area contributed by atoms with Gasteiger partial charge in [-0.05, 0) is 6.92 Å². The van der Waals surface area contributed by atoms with E-state index in [-0.39, 0.29) is 6.67 Å². The molecule has 0 radical (unpaired) electrons. The molecule has 0 aromatic rings. The highest BCUT2D eigenvalue weighted by Crippen LogP contribution is 1.84. The minimum atomic E-state index is -2.56. The fourth-order valence-corrected chi connectivity index (χ4v) is 0. The molecule has 0 aliphatic rings. The molecule has 0 aromatic heterocycles. The van der Waals surface area contributed by atoms with Crippen LogP contribution in [0.25, 0.3) is 0 Å². The van der Waals surface area contributed by atoms with Gasteiger partial charge in [-0.1, -0.05) is 0 Å². The van der Waals surface area contributed by atoms with Gasteiger partial charge in [-0.25, -0.2) is 8.78 Å². The Balaban J connectivity index is 0. The average Bonchev–Trinajstić information content (AvgIpc) is 1.69. The minimum Gasteiger partial charge on any atom is -0.390 e. The van der Waals surface area contributed by atoms with Crippen molar-refractivity contribution in [3.05, 3.63) is 0 Å². The lowest BCUT2D eigenvalue weighted by Crippen LogP contribution is -1.94. The van der Waals surface area contributed by atoms with Gasteiger partial charge in [-0.3, -0.25) is 4.39 Å². The highest BCUT2D eigenvalue weighted by molar-refractivity contribution is 4.22. The second-order valence-electron chi connectivity index (χ2n) is 0.841. The third kappa shape index (κ3) is 42.4. The molecule has 0 spiro atoms. The van der Waals surface area contributed by atoms with E-state index >= 15 is 0 Å². The van der Waals surface area contributed by atoms with Crippen molar-refractivity contribution >= 4 is 0 Å². The van der Waals surface area contributed by atoms with Gasteiger partial charge in [0.1, 0.15) is 6.61 Å². The Labute approximate surface area is 46.1 Å². The minimum absolute atomic E-state index is 0.250. The normalized spacial score (nSPS) is 8.25. The molecular formula is C4H9F3O. The molecule has 0 bridgehead atoms. The summed E-state index contributed by atoms with van der Waals surface area (Å²) in [4.78, 5) is 0. The van der Waals surface area contributed by atoms with Gasteiger partial charge in [0.2, 0.25) is 0 Å². The molecule has 1 N–H and O–H groups in total. The summed E-state index contributed by atoms with van der Waals surface area (Å²) in [5.41, 5.74) is 0. The molecular weight excluding hydrogens is 121 g/mol. The summed E-state index contributed by atoms with van der Waals surface area (Å²) >= 11 is 0. The number of halogens is 3. The SMILES string of the molecule is CCF.OCC(F)F. The summed E-state index contributed by atoms with van der Waals surface area (Å²) < 4.78 is 31.3. The van der Waals surface area contributed by atoms with Crippen LogP contribution in [0.1, 0.15) is 6.92 Å². The molecule has 0 saturated heterocycles. The van der Waals surface area contributed by atoms with Crippen LogP contribution in [0, 0.1) is 0 Å². The van der Waals surface area contributed by atoms with Gasteiger partial charge in [0.15, 0.2) is 0 Å². The lowest BCUT2D eigenvalue weighted by atomic mass is 10.8. The zero-order valence-electron chi connectivity index (χ0n) is 4.57. The highest BCUT2D eigenvalue weighted by Gasteiger charge is 1.92. The van der Waals surface area contributed by atoms with E-state index in [0.717, 1.165) is 0 Å². The Kier molecular flexibility index (Phi) is 13.2. The first-order valence-electron chi connectivity index (χ1n) is 2.14. The highest BCUT2D eigenvalue weighted by atomic mass is 19.3. The van der Waals surface area contributed by atoms with Crippen LogP contribution in [0.4, 0.5) is 13.2 Å². The van der Waals surface area contributed by atoms with Crippen molar-refractivity contribution in [3.8, 4) is 0 Å². The predicted octanol–water partition coefficient (Wildman–Crippen LogP) is 1.22. The first kappa shape index (κ1) is 10.7. The van der Waals surface area contributed by atoms with Gasteiger partial charge in [-0.2, -0.15) is 0 Å². The van der Waals surface area contributed by atoms with Crippen LogP contribution in [-0.4, -0.2) is 24.8 Å². The first-order chi connectivity index (χ1) is 3.68. The lowest BCUT2D eigenvalue weighted by molar-refractivity contribution is 0.0700. The first-order valence-corrected chi connectivity index (χ1v) is 2.14. The second-order valence-corrected chi connectivity index (χ2v) is 0.841. The van der Waals surface area contributed by atoms with E-state index in [1.807, 2.05) is 0 Å². The van der Waals surface area contributed by atoms with Gasteiger partial charge in [0.05, 0.1) is 6.67 Å². The van der Waals surface area contributed by atoms with E-state index < -0.39 is 13.0 Å². The van der Waals surface area contributed by atoms with Gasteiger partial charge in [0.25, 0.3) is 6.43 Å². The third-order valence-corrected chi connectivity index (χ3v) is 0.138. The van der Waals surface area contributed by atoms with Crippen LogP contribution in [0.3, 0.4) is 0 Å². The number of aliphatic hydroxyl groups excluding tert-OH is 1. The van der Waals surface area contributed by atoms with Crippen molar-refractivity contribution in [2.45, 2.75) is 13.3 Å². The van der Waals surface area contributed by atoms with Crippen molar-refractivity contribution in [3.63, 3.8) is 0 Å². The monoisotopic (exact) mass is 130 g/mol. The molecule has 0 fully saturated rings. The third-order valence-electron chi connectivity index (χ3n) is 0.138. The largest absolute Gasteiger partial charge is 0.390 e. The Hall–Kier alpha value is -0.250. The molecule has 52 valence electrons. The van der Waals surface area contributed by atoms with E-state index in [9.17, 15) is 13.2 Å². The molecule has 8 heavy (non-hydrogen) atoms. The van der Waals surface area contributed by atoms with Crippen LogP contribution in [0.2, 0.25) is 0 Å². The van der Waals surface area contributed by atoms with E-state index in [0.29, 0.717) is 0 Å². The van der Waals surface area contributed by atoms with E-state index in [1.165, 1.54) is 6.92 Å². The van der Waals surface area contributed by atoms with Gasteiger partial charge in [-0.15, -0.1) is 0 Å². The van der Waals surface area contributed by atoms with Crippen molar-refractivity contribution < 1.29 is 18.3 Å². The Morgan fingerprint density at radius 2 is 1.62 bits per heavy atom. The fraction of sp³-hybridized carbons (Fsp3) is 1.00. The molecule has 4 heteroatoms. The molecule has 0 aromatic carbocycles. The summed E-state index contributed by atoms with van der Waals surface area (Å²) in [5.74, 6) is 0. The molecule has 1 nitrogen and oxygen atoms in total. The van der Waals surface area contributed by atoms with Crippen molar-refractivity contribution in [1.29, 1.82) is 0 Å². The smallest absolute Gasteiger partial charge is 0.261 e. The van der Waals surface area contributed by atoms with E-state index in [2.05, 4.69) is 0 Å². The number of hydrogen-bond donors (Lipinski definition) is 1. The van der Waals surface area contributed by atoms with Crippen LogP contribution in [0.5, 0.6) is 0 Å². The van der Waals surface area contributed by atoms with Crippen LogP contribution >= 0.6 is 0 Å². The second kappa shape index (κ2) is 9.89. The Morgan fingerprint density at radius 1 is 1.50 bits per heavy atom. The summed E-state index contributed by atoms with van der Waals surface area (Å²) in [7, 11) is 0. The summed E-state index contributed by atoms with van der Waals surface area (Å²) in [6.45, 7) is 0.181. The molecule has 0 unspecified atom stereocenters. The molecule has 0 aliphatic heterocycles. The predicted molar refractivity (Wildman–Crippen MR) is 24.7 cm³/mol. The zero-order valence-corrected chi connectivity index (χ0v) is 4.57. The zero-order chi connectivity index (χ0) is 6.99. The number of aliphatic hydroxyl groups is 1.